The van der Waals surface area contributed by atoms with Crippen molar-refractivity contribution in [1.82, 2.24) is 0 Å². The van der Waals surface area contributed by atoms with E-state index in [2.05, 4.69) is 5.32 Å². The van der Waals surface area contributed by atoms with E-state index in [1.165, 1.54) is 6.07 Å². The largest absolute Gasteiger partial charge is 0.423 e. The number of carbonyl (C=O) groups excluding carboxylic acids is 1. The molecule has 116 valence electrons. The Morgan fingerprint density at radius 1 is 0.957 bits per heavy atom. The van der Waals surface area contributed by atoms with Crippen molar-refractivity contribution in [3.8, 4) is 0 Å². The number of benzene rings is 2. The molecule has 1 heterocycles. The average molecular weight is 307 g/mol. The molecule has 0 saturated carbocycles. The minimum atomic E-state index is -0.396. The molecular weight excluding hydrogens is 290 g/mol. The first-order valence-corrected chi connectivity index (χ1v) is 7.36. The van der Waals surface area contributed by atoms with Gasteiger partial charge in [0.25, 0.3) is 5.91 Å². The van der Waals surface area contributed by atoms with Gasteiger partial charge in [0, 0.05) is 28.8 Å². The molecule has 3 rings (SSSR count). The van der Waals surface area contributed by atoms with Gasteiger partial charge in [-0.2, -0.15) is 0 Å². The van der Waals surface area contributed by atoms with Crippen LogP contribution in [0.2, 0.25) is 0 Å². The van der Waals surface area contributed by atoms with Crippen LogP contribution in [-0.4, -0.2) is 5.91 Å². The smallest absolute Gasteiger partial charge is 0.336 e. The highest BCUT2D eigenvalue weighted by atomic mass is 16.4. The van der Waals surface area contributed by atoms with Crippen LogP contribution < -0.4 is 10.9 Å². The van der Waals surface area contributed by atoms with Crippen LogP contribution in [0.15, 0.2) is 51.7 Å². The molecule has 0 radical (unpaired) electrons. The van der Waals surface area contributed by atoms with Crippen LogP contribution in [0.25, 0.3) is 11.0 Å². The van der Waals surface area contributed by atoms with E-state index in [1.807, 2.05) is 45.0 Å². The Bertz CT molecular complexity index is 950. The van der Waals surface area contributed by atoms with E-state index < -0.39 is 5.63 Å². The van der Waals surface area contributed by atoms with Crippen molar-refractivity contribution >= 4 is 22.6 Å². The molecule has 0 aliphatic rings. The summed E-state index contributed by atoms with van der Waals surface area (Å²) in [5, 5.41) is 3.70. The Hall–Kier alpha value is -2.88. The second kappa shape index (κ2) is 5.72. The van der Waals surface area contributed by atoms with Gasteiger partial charge in [0.15, 0.2) is 0 Å². The molecule has 0 aliphatic heterocycles. The Morgan fingerprint density at radius 3 is 2.35 bits per heavy atom. The molecule has 2 aromatic carbocycles. The lowest BCUT2D eigenvalue weighted by atomic mass is 10.1. The van der Waals surface area contributed by atoms with Gasteiger partial charge < -0.3 is 9.73 Å². The third kappa shape index (κ3) is 3.16. The molecule has 4 heteroatoms. The predicted molar refractivity (Wildman–Crippen MR) is 91.1 cm³/mol. The highest BCUT2D eigenvalue weighted by Gasteiger charge is 2.09. The molecule has 0 spiro atoms. The average Bonchev–Trinajstić information content (AvgIpc) is 2.45. The molecule has 0 atom stereocenters. The number of carbonyl (C=O) groups is 1. The number of aryl methyl sites for hydroxylation is 3. The molecule has 0 bridgehead atoms. The first-order valence-electron chi connectivity index (χ1n) is 7.36. The maximum absolute atomic E-state index is 12.4. The summed E-state index contributed by atoms with van der Waals surface area (Å²) in [4.78, 5) is 23.9. The minimum Gasteiger partial charge on any atom is -0.423 e. The molecule has 0 aliphatic carbocycles. The fourth-order valence-corrected chi connectivity index (χ4v) is 2.71. The second-order valence-corrected chi connectivity index (χ2v) is 5.79. The molecule has 1 N–H and O–H groups in total. The highest BCUT2D eigenvalue weighted by molar-refractivity contribution is 6.05. The quantitative estimate of drug-likeness (QED) is 0.729. The topological polar surface area (TPSA) is 59.3 Å². The lowest BCUT2D eigenvalue weighted by Gasteiger charge is -2.08. The van der Waals surface area contributed by atoms with E-state index in [-0.39, 0.29) is 5.91 Å². The van der Waals surface area contributed by atoms with Crippen LogP contribution in [0.5, 0.6) is 0 Å². The number of fused-ring (bicyclic) bond motifs is 1. The van der Waals surface area contributed by atoms with Crippen LogP contribution in [0.3, 0.4) is 0 Å². The number of rotatable bonds is 2. The van der Waals surface area contributed by atoms with Crippen LogP contribution in [-0.2, 0) is 0 Å². The third-order valence-corrected chi connectivity index (χ3v) is 3.69. The van der Waals surface area contributed by atoms with E-state index in [9.17, 15) is 9.59 Å². The fraction of sp³-hybridized carbons (Fsp3) is 0.158. The van der Waals surface area contributed by atoms with Gasteiger partial charge in [-0.1, -0.05) is 17.2 Å². The normalized spacial score (nSPS) is 10.7. The van der Waals surface area contributed by atoms with E-state index in [0.29, 0.717) is 16.8 Å². The minimum absolute atomic E-state index is 0.189. The van der Waals surface area contributed by atoms with Gasteiger partial charge in [-0.15, -0.1) is 0 Å². The third-order valence-electron chi connectivity index (χ3n) is 3.69. The van der Waals surface area contributed by atoms with Crippen molar-refractivity contribution in [2.45, 2.75) is 20.8 Å². The summed E-state index contributed by atoms with van der Waals surface area (Å²) < 4.78 is 5.20. The van der Waals surface area contributed by atoms with Crippen molar-refractivity contribution < 1.29 is 9.21 Å². The van der Waals surface area contributed by atoms with Crippen LogP contribution in [0.4, 0.5) is 5.69 Å². The maximum Gasteiger partial charge on any atom is 0.336 e. The number of anilines is 1. The number of nitrogens with one attached hydrogen (secondary N) is 1. The molecule has 23 heavy (non-hydrogen) atoms. The zero-order valence-electron chi connectivity index (χ0n) is 13.3. The van der Waals surface area contributed by atoms with Gasteiger partial charge in [-0.3, -0.25) is 4.79 Å². The number of amides is 1. The molecular formula is C19H17NO3. The number of hydrogen-bond donors (Lipinski definition) is 1. The second-order valence-electron chi connectivity index (χ2n) is 5.79. The molecule has 3 aromatic rings. The summed E-state index contributed by atoms with van der Waals surface area (Å²) in [6, 6.07) is 12.5. The van der Waals surface area contributed by atoms with Crippen molar-refractivity contribution in [2.75, 3.05) is 5.32 Å². The summed E-state index contributed by atoms with van der Waals surface area (Å²) in [6.07, 6.45) is 0. The Morgan fingerprint density at radius 2 is 1.65 bits per heavy atom. The van der Waals surface area contributed by atoms with Crippen LogP contribution in [0, 0.1) is 20.8 Å². The fourth-order valence-electron chi connectivity index (χ4n) is 2.71. The van der Waals surface area contributed by atoms with Crippen molar-refractivity contribution in [3.05, 3.63) is 75.1 Å². The zero-order chi connectivity index (χ0) is 16.6. The lowest BCUT2D eigenvalue weighted by Crippen LogP contribution is -2.12. The van der Waals surface area contributed by atoms with E-state index >= 15 is 0 Å². The van der Waals surface area contributed by atoms with Crippen molar-refractivity contribution in [1.29, 1.82) is 0 Å². The van der Waals surface area contributed by atoms with Gasteiger partial charge in [0.1, 0.15) is 5.58 Å². The van der Waals surface area contributed by atoms with Crippen molar-refractivity contribution in [3.63, 3.8) is 0 Å². The molecule has 0 saturated heterocycles. The summed E-state index contributed by atoms with van der Waals surface area (Å²) in [6.45, 7) is 5.77. The SMILES string of the molecule is Cc1cc(C)cc(C(=O)Nc2ccc3c(C)cc(=O)oc3c2)c1. The zero-order valence-corrected chi connectivity index (χ0v) is 13.3. The number of hydrogen-bond acceptors (Lipinski definition) is 3. The van der Waals surface area contributed by atoms with E-state index in [0.717, 1.165) is 22.1 Å². The molecule has 4 nitrogen and oxygen atoms in total. The van der Waals surface area contributed by atoms with Crippen LogP contribution in [0.1, 0.15) is 27.0 Å². The van der Waals surface area contributed by atoms with E-state index in [1.54, 1.807) is 12.1 Å². The Balaban J connectivity index is 1.95. The lowest BCUT2D eigenvalue weighted by molar-refractivity contribution is 0.102. The van der Waals surface area contributed by atoms with Gasteiger partial charge in [0.05, 0.1) is 0 Å². The summed E-state index contributed by atoms with van der Waals surface area (Å²) in [5.41, 5.74) is 4.19. The molecule has 1 aromatic heterocycles. The van der Waals surface area contributed by atoms with Crippen LogP contribution >= 0.6 is 0 Å². The first kappa shape index (κ1) is 15.0. The van der Waals surface area contributed by atoms with Gasteiger partial charge in [-0.25, -0.2) is 4.79 Å². The molecule has 0 fully saturated rings. The maximum atomic E-state index is 12.4. The summed E-state index contributed by atoms with van der Waals surface area (Å²) in [7, 11) is 0. The highest BCUT2D eigenvalue weighted by Crippen LogP contribution is 2.21. The molecule has 0 unspecified atom stereocenters. The standard InChI is InChI=1S/C19H17NO3/c1-11-6-12(2)8-14(7-11)19(22)20-15-4-5-16-13(3)9-18(21)23-17(16)10-15/h4-10H,1-3H3,(H,20,22). The van der Waals surface area contributed by atoms with E-state index in [4.69, 9.17) is 4.42 Å². The molecule has 1 amide bonds. The Kier molecular flexibility index (Phi) is 3.74. The van der Waals surface area contributed by atoms with Gasteiger partial charge in [0.2, 0.25) is 0 Å². The van der Waals surface area contributed by atoms with Crippen molar-refractivity contribution in [2.24, 2.45) is 0 Å². The first-order chi connectivity index (χ1) is 10.9. The summed E-state index contributed by atoms with van der Waals surface area (Å²) in [5.74, 6) is -0.189. The van der Waals surface area contributed by atoms with Gasteiger partial charge >= 0.3 is 5.63 Å². The predicted octanol–water partition coefficient (Wildman–Crippen LogP) is 3.97. The van der Waals surface area contributed by atoms with Gasteiger partial charge in [-0.05, 0) is 50.6 Å². The monoisotopic (exact) mass is 307 g/mol. The summed E-state index contributed by atoms with van der Waals surface area (Å²) >= 11 is 0. The Labute approximate surface area is 133 Å².